The van der Waals surface area contributed by atoms with E-state index in [1.54, 1.807) is 10.7 Å². The predicted octanol–water partition coefficient (Wildman–Crippen LogP) is 2.48. The average Bonchev–Trinajstić information content (AvgIpc) is 3.35. The Morgan fingerprint density at radius 3 is 2.81 bits per heavy atom. The quantitative estimate of drug-likeness (QED) is 0.402. The van der Waals surface area contributed by atoms with Gasteiger partial charge in [-0.1, -0.05) is 6.07 Å². The van der Waals surface area contributed by atoms with Gasteiger partial charge < -0.3 is 25.2 Å². The number of amides is 1. The number of hydrogen-bond donors (Lipinski definition) is 3. The summed E-state index contributed by atoms with van der Waals surface area (Å²) in [6.07, 6.45) is 0.767. The summed E-state index contributed by atoms with van der Waals surface area (Å²) >= 11 is 3.49. The van der Waals surface area contributed by atoms with Gasteiger partial charge in [0.25, 0.3) is 0 Å². The maximum atomic E-state index is 11.2. The monoisotopic (exact) mass is 485 g/mol. The van der Waals surface area contributed by atoms with Gasteiger partial charge in [-0.25, -0.2) is 9.78 Å². The molecular weight excluding hydrogens is 466 g/mol. The molecule has 0 atom stereocenters. The van der Waals surface area contributed by atoms with E-state index in [2.05, 4.69) is 52.3 Å². The first-order valence-corrected chi connectivity index (χ1v) is 10.6. The van der Waals surface area contributed by atoms with Crippen molar-refractivity contribution in [3.05, 3.63) is 40.3 Å². The van der Waals surface area contributed by atoms with Gasteiger partial charge in [0.05, 0.1) is 28.2 Å². The number of aromatic amines is 1. The molecule has 0 bridgehead atoms. The lowest BCUT2D eigenvalue weighted by atomic mass is 10.2. The highest BCUT2D eigenvalue weighted by Gasteiger charge is 2.23. The van der Waals surface area contributed by atoms with Crippen LogP contribution >= 0.6 is 15.9 Å². The third-order valence-electron chi connectivity index (χ3n) is 5.25. The molecule has 1 saturated heterocycles. The number of H-pyrrole nitrogens is 1. The number of aromatic nitrogens is 6. The van der Waals surface area contributed by atoms with Crippen LogP contribution in [0.3, 0.4) is 0 Å². The molecule has 12 heteroatoms. The molecule has 160 valence electrons. The predicted molar refractivity (Wildman–Crippen MR) is 118 cm³/mol. The van der Waals surface area contributed by atoms with E-state index in [9.17, 15) is 9.90 Å². The highest BCUT2D eigenvalue weighted by molar-refractivity contribution is 9.10. The van der Waals surface area contributed by atoms with Crippen LogP contribution in [0.15, 0.2) is 28.9 Å². The topological polar surface area (TPSA) is 128 Å². The summed E-state index contributed by atoms with van der Waals surface area (Å²) in [6, 6.07) is 6.09. The van der Waals surface area contributed by atoms with E-state index in [4.69, 9.17) is 0 Å². The first-order chi connectivity index (χ1) is 15.0. The van der Waals surface area contributed by atoms with Crippen molar-refractivity contribution >= 4 is 50.6 Å². The number of aryl methyl sites for hydroxylation is 1. The number of carbonyl (C=O) groups is 1. The SMILES string of the molecule is Cc1ccc2nc(CNc3nc(N4CCN(C(=O)O)CC4)nc4c(Br)cnn34)[nH]c2c1. The van der Waals surface area contributed by atoms with Gasteiger partial charge in [0.15, 0.2) is 5.65 Å². The van der Waals surface area contributed by atoms with Crippen molar-refractivity contribution in [3.63, 3.8) is 0 Å². The van der Waals surface area contributed by atoms with Gasteiger partial charge in [-0.05, 0) is 40.5 Å². The Hall–Kier alpha value is -3.41. The molecule has 5 rings (SSSR count). The fraction of sp³-hybridized carbons (Fsp3) is 0.316. The number of piperazine rings is 1. The lowest BCUT2D eigenvalue weighted by Crippen LogP contribution is -2.48. The summed E-state index contributed by atoms with van der Waals surface area (Å²) in [4.78, 5) is 31.8. The number of benzene rings is 1. The van der Waals surface area contributed by atoms with Crippen LogP contribution < -0.4 is 10.2 Å². The number of rotatable bonds is 4. The molecule has 1 amide bonds. The van der Waals surface area contributed by atoms with Crippen LogP contribution in [0.5, 0.6) is 0 Å². The molecule has 1 fully saturated rings. The Balaban J connectivity index is 1.41. The van der Waals surface area contributed by atoms with Crippen molar-refractivity contribution in [2.45, 2.75) is 13.5 Å². The third-order valence-corrected chi connectivity index (χ3v) is 5.81. The summed E-state index contributed by atoms with van der Waals surface area (Å²) < 4.78 is 2.39. The number of imidazole rings is 1. The zero-order valence-electron chi connectivity index (χ0n) is 16.7. The molecule has 3 N–H and O–H groups in total. The molecule has 4 heterocycles. The van der Waals surface area contributed by atoms with Crippen LogP contribution in [-0.4, -0.2) is 71.8 Å². The lowest BCUT2D eigenvalue weighted by molar-refractivity contribution is 0.142. The van der Waals surface area contributed by atoms with Crippen molar-refractivity contribution in [1.29, 1.82) is 0 Å². The van der Waals surface area contributed by atoms with Gasteiger partial charge >= 0.3 is 6.09 Å². The van der Waals surface area contributed by atoms with Gasteiger partial charge in [0.2, 0.25) is 11.9 Å². The number of anilines is 2. The number of hydrogen-bond acceptors (Lipinski definition) is 7. The molecule has 0 spiro atoms. The lowest BCUT2D eigenvalue weighted by Gasteiger charge is -2.33. The maximum absolute atomic E-state index is 11.2. The fourth-order valence-electron chi connectivity index (χ4n) is 3.62. The number of fused-ring (bicyclic) bond motifs is 2. The smallest absolute Gasteiger partial charge is 0.407 e. The molecule has 4 aromatic rings. The minimum atomic E-state index is -0.905. The van der Waals surface area contributed by atoms with E-state index in [1.807, 2.05) is 24.0 Å². The summed E-state index contributed by atoms with van der Waals surface area (Å²) in [5.41, 5.74) is 3.70. The van der Waals surface area contributed by atoms with Crippen molar-refractivity contribution in [3.8, 4) is 0 Å². The first kappa shape index (κ1) is 19.5. The largest absolute Gasteiger partial charge is 0.465 e. The molecule has 1 aromatic carbocycles. The number of nitrogens with one attached hydrogen (secondary N) is 2. The average molecular weight is 486 g/mol. The second kappa shape index (κ2) is 7.69. The molecule has 0 radical (unpaired) electrons. The van der Waals surface area contributed by atoms with E-state index in [0.29, 0.717) is 50.3 Å². The Morgan fingerprint density at radius 2 is 2.03 bits per heavy atom. The van der Waals surface area contributed by atoms with Crippen molar-refractivity contribution in [2.24, 2.45) is 0 Å². The Bertz CT molecular complexity index is 1280. The van der Waals surface area contributed by atoms with E-state index in [-0.39, 0.29) is 0 Å². The normalized spacial score (nSPS) is 14.5. The number of nitrogens with zero attached hydrogens (tertiary/aromatic N) is 7. The van der Waals surface area contributed by atoms with Gasteiger partial charge in [-0.2, -0.15) is 19.6 Å². The Kier molecular flexibility index (Phi) is 4.85. The van der Waals surface area contributed by atoms with E-state index in [1.165, 1.54) is 10.5 Å². The second-order valence-electron chi connectivity index (χ2n) is 7.39. The van der Waals surface area contributed by atoms with Crippen molar-refractivity contribution in [2.75, 3.05) is 36.4 Å². The second-order valence-corrected chi connectivity index (χ2v) is 8.24. The molecule has 31 heavy (non-hydrogen) atoms. The Labute approximate surface area is 185 Å². The van der Waals surface area contributed by atoms with Gasteiger partial charge in [0, 0.05) is 26.2 Å². The van der Waals surface area contributed by atoms with E-state index >= 15 is 0 Å². The molecule has 1 aliphatic heterocycles. The zero-order valence-corrected chi connectivity index (χ0v) is 18.3. The van der Waals surface area contributed by atoms with E-state index < -0.39 is 6.09 Å². The molecule has 0 unspecified atom stereocenters. The molecule has 11 nitrogen and oxygen atoms in total. The molecule has 3 aromatic heterocycles. The molecule has 1 aliphatic rings. The third kappa shape index (κ3) is 3.74. The van der Waals surface area contributed by atoms with Crippen molar-refractivity contribution < 1.29 is 9.90 Å². The summed E-state index contributed by atoms with van der Waals surface area (Å²) in [6.45, 7) is 4.34. The number of halogens is 1. The van der Waals surface area contributed by atoms with Crippen molar-refractivity contribution in [1.82, 2.24) is 34.4 Å². The van der Waals surface area contributed by atoms with E-state index in [0.717, 1.165) is 21.3 Å². The van der Waals surface area contributed by atoms with Gasteiger partial charge in [0.1, 0.15) is 5.82 Å². The highest BCUT2D eigenvalue weighted by atomic mass is 79.9. The minimum absolute atomic E-state index is 0.408. The number of carboxylic acid groups (broad SMARTS) is 1. The first-order valence-electron chi connectivity index (χ1n) is 9.81. The molecular formula is C19H20BrN9O2. The summed E-state index contributed by atoms with van der Waals surface area (Å²) in [5, 5.41) is 16.8. The summed E-state index contributed by atoms with van der Waals surface area (Å²) in [7, 11) is 0. The fourth-order valence-corrected chi connectivity index (χ4v) is 3.96. The summed E-state index contributed by atoms with van der Waals surface area (Å²) in [5.74, 6) is 1.85. The van der Waals surface area contributed by atoms with Crippen LogP contribution in [0.1, 0.15) is 11.4 Å². The molecule has 0 aliphatic carbocycles. The van der Waals surface area contributed by atoms with Crippen LogP contribution in [0.25, 0.3) is 16.7 Å². The zero-order chi connectivity index (χ0) is 21.5. The van der Waals surface area contributed by atoms with Crippen LogP contribution in [-0.2, 0) is 6.54 Å². The van der Waals surface area contributed by atoms with Crippen LogP contribution in [0.4, 0.5) is 16.7 Å². The maximum Gasteiger partial charge on any atom is 0.407 e. The highest BCUT2D eigenvalue weighted by Crippen LogP contribution is 2.23. The molecule has 0 saturated carbocycles. The van der Waals surface area contributed by atoms with Gasteiger partial charge in [-0.15, -0.1) is 0 Å². The Morgan fingerprint density at radius 1 is 1.23 bits per heavy atom. The standard InChI is InChI=1S/C19H20BrN9O2/c1-11-2-3-13-14(8-11)24-15(23-13)10-21-17-26-18(25-16-12(20)9-22-29(16)17)27-4-6-28(7-5-27)19(30)31/h2-3,8-9H,4-7,10H2,1H3,(H,23,24)(H,30,31)(H,21,25,26). The van der Waals surface area contributed by atoms with Crippen LogP contribution in [0, 0.1) is 6.92 Å². The van der Waals surface area contributed by atoms with Crippen LogP contribution in [0.2, 0.25) is 0 Å². The minimum Gasteiger partial charge on any atom is -0.465 e. The van der Waals surface area contributed by atoms with Gasteiger partial charge in [-0.3, -0.25) is 0 Å².